The summed E-state index contributed by atoms with van der Waals surface area (Å²) < 4.78 is 0. The number of aliphatic hydroxyl groups is 1. The lowest BCUT2D eigenvalue weighted by atomic mass is 9.88. The molecule has 2 bridgehead atoms. The quantitative estimate of drug-likeness (QED) is 0.894. The van der Waals surface area contributed by atoms with Crippen molar-refractivity contribution < 1.29 is 5.11 Å². The van der Waals surface area contributed by atoms with Gasteiger partial charge in [0.1, 0.15) is 0 Å². The van der Waals surface area contributed by atoms with Gasteiger partial charge in [0.2, 0.25) is 0 Å². The first-order valence-electron chi connectivity index (χ1n) is 8.02. The summed E-state index contributed by atoms with van der Waals surface area (Å²) in [5.41, 5.74) is 1.95. The maximum Gasteiger partial charge on any atom is 0.0957 e. The number of anilines is 1. The van der Waals surface area contributed by atoms with Crippen LogP contribution in [0.2, 0.25) is 0 Å². The van der Waals surface area contributed by atoms with Crippen LogP contribution in [0.25, 0.3) is 0 Å². The standard InChI is InChI=1S/C17H26N2O/c1-3-17(20)16-7-6-15(10-18-16)19(2)11-14-9-12-4-5-13(14)8-12/h6-7,10,12-14,17,20H,3-5,8-9,11H2,1-2H3. The average Bonchev–Trinajstić information content (AvgIpc) is 3.09. The van der Waals surface area contributed by atoms with Crippen LogP contribution in [-0.4, -0.2) is 23.7 Å². The van der Waals surface area contributed by atoms with Crippen LogP contribution in [0, 0.1) is 17.8 Å². The molecule has 2 saturated carbocycles. The number of fused-ring (bicyclic) bond motifs is 2. The highest BCUT2D eigenvalue weighted by molar-refractivity contribution is 5.44. The second kappa shape index (κ2) is 5.72. The van der Waals surface area contributed by atoms with E-state index in [1.54, 1.807) is 0 Å². The lowest BCUT2D eigenvalue weighted by Crippen LogP contribution is -2.28. The zero-order chi connectivity index (χ0) is 14.1. The summed E-state index contributed by atoms with van der Waals surface area (Å²) >= 11 is 0. The van der Waals surface area contributed by atoms with Gasteiger partial charge in [0.15, 0.2) is 0 Å². The summed E-state index contributed by atoms with van der Waals surface area (Å²) in [7, 11) is 2.17. The van der Waals surface area contributed by atoms with E-state index in [1.807, 2.05) is 19.2 Å². The normalized spacial score (nSPS) is 29.6. The highest BCUT2D eigenvalue weighted by atomic mass is 16.3. The maximum absolute atomic E-state index is 9.78. The van der Waals surface area contributed by atoms with Crippen LogP contribution >= 0.6 is 0 Å². The Morgan fingerprint density at radius 3 is 2.75 bits per heavy atom. The van der Waals surface area contributed by atoms with Gasteiger partial charge in [0, 0.05) is 13.6 Å². The van der Waals surface area contributed by atoms with Gasteiger partial charge in [-0.2, -0.15) is 0 Å². The van der Waals surface area contributed by atoms with Crippen molar-refractivity contribution in [3.05, 3.63) is 24.0 Å². The van der Waals surface area contributed by atoms with Crippen LogP contribution in [0.4, 0.5) is 5.69 Å². The van der Waals surface area contributed by atoms with Crippen LogP contribution in [0.15, 0.2) is 18.3 Å². The van der Waals surface area contributed by atoms with E-state index >= 15 is 0 Å². The second-order valence-corrected chi connectivity index (χ2v) is 6.68. The number of hydrogen-bond acceptors (Lipinski definition) is 3. The van der Waals surface area contributed by atoms with E-state index in [0.717, 1.165) is 30.0 Å². The fourth-order valence-corrected chi connectivity index (χ4v) is 4.09. The highest BCUT2D eigenvalue weighted by Crippen LogP contribution is 2.48. The first-order valence-corrected chi connectivity index (χ1v) is 8.02. The van der Waals surface area contributed by atoms with Gasteiger partial charge >= 0.3 is 0 Å². The number of pyridine rings is 1. The van der Waals surface area contributed by atoms with Crippen LogP contribution in [0.3, 0.4) is 0 Å². The van der Waals surface area contributed by atoms with E-state index in [0.29, 0.717) is 6.42 Å². The van der Waals surface area contributed by atoms with Crippen LogP contribution in [-0.2, 0) is 0 Å². The molecule has 2 aliphatic carbocycles. The summed E-state index contributed by atoms with van der Waals surface area (Å²) in [4.78, 5) is 6.74. The maximum atomic E-state index is 9.78. The number of hydrogen-bond donors (Lipinski definition) is 1. The van der Waals surface area contributed by atoms with Crippen molar-refractivity contribution in [1.82, 2.24) is 4.98 Å². The molecule has 0 aliphatic heterocycles. The van der Waals surface area contributed by atoms with E-state index in [4.69, 9.17) is 0 Å². The number of aromatic nitrogens is 1. The molecule has 0 radical (unpaired) electrons. The second-order valence-electron chi connectivity index (χ2n) is 6.68. The van der Waals surface area contributed by atoms with Crippen LogP contribution in [0.1, 0.15) is 50.8 Å². The highest BCUT2D eigenvalue weighted by Gasteiger charge is 2.39. The SMILES string of the molecule is CCC(O)c1ccc(N(C)CC2CC3CCC2C3)cn1. The van der Waals surface area contributed by atoms with Crippen molar-refractivity contribution in [3.8, 4) is 0 Å². The predicted molar refractivity (Wildman–Crippen MR) is 81.7 cm³/mol. The topological polar surface area (TPSA) is 36.4 Å². The van der Waals surface area contributed by atoms with Crippen LogP contribution < -0.4 is 4.90 Å². The number of aliphatic hydroxyl groups excluding tert-OH is 1. The molecule has 1 N–H and O–H groups in total. The molecule has 3 nitrogen and oxygen atoms in total. The Labute approximate surface area is 122 Å². The molecule has 110 valence electrons. The Morgan fingerprint density at radius 2 is 2.20 bits per heavy atom. The summed E-state index contributed by atoms with van der Waals surface area (Å²) in [6.07, 6.45) is 8.00. The monoisotopic (exact) mass is 274 g/mol. The first kappa shape index (κ1) is 13.9. The van der Waals surface area contributed by atoms with E-state index in [-0.39, 0.29) is 0 Å². The van der Waals surface area contributed by atoms with Crippen molar-refractivity contribution >= 4 is 5.69 Å². The minimum Gasteiger partial charge on any atom is -0.387 e. The van der Waals surface area contributed by atoms with Crippen molar-refractivity contribution in [3.63, 3.8) is 0 Å². The largest absolute Gasteiger partial charge is 0.387 e. The molecule has 2 aliphatic rings. The minimum atomic E-state index is -0.431. The van der Waals surface area contributed by atoms with Gasteiger partial charge in [-0.25, -0.2) is 0 Å². The van der Waals surface area contributed by atoms with Crippen molar-refractivity contribution in [2.45, 2.75) is 45.1 Å². The molecule has 0 amide bonds. The third kappa shape index (κ3) is 2.69. The lowest BCUT2D eigenvalue weighted by Gasteiger charge is -2.28. The summed E-state index contributed by atoms with van der Waals surface area (Å²) in [5, 5.41) is 9.78. The number of nitrogens with zero attached hydrogens (tertiary/aromatic N) is 2. The fourth-order valence-electron chi connectivity index (χ4n) is 4.09. The molecule has 2 fully saturated rings. The van der Waals surface area contributed by atoms with Gasteiger partial charge in [0.05, 0.1) is 23.7 Å². The molecule has 0 aromatic carbocycles. The predicted octanol–water partition coefficient (Wildman–Crippen LogP) is 3.40. The molecule has 1 aromatic heterocycles. The zero-order valence-electron chi connectivity index (χ0n) is 12.6. The van der Waals surface area contributed by atoms with Gasteiger partial charge < -0.3 is 10.0 Å². The van der Waals surface area contributed by atoms with E-state index < -0.39 is 6.10 Å². The van der Waals surface area contributed by atoms with Gasteiger partial charge in [0.25, 0.3) is 0 Å². The van der Waals surface area contributed by atoms with Gasteiger partial charge in [-0.1, -0.05) is 13.3 Å². The Morgan fingerprint density at radius 1 is 1.35 bits per heavy atom. The van der Waals surface area contributed by atoms with E-state index in [1.165, 1.54) is 31.4 Å². The molecule has 20 heavy (non-hydrogen) atoms. The van der Waals surface area contributed by atoms with E-state index in [2.05, 4.69) is 23.0 Å². The smallest absolute Gasteiger partial charge is 0.0957 e. The average molecular weight is 274 g/mol. The van der Waals surface area contributed by atoms with Crippen molar-refractivity contribution in [2.75, 3.05) is 18.5 Å². The van der Waals surface area contributed by atoms with Gasteiger partial charge in [-0.05, 0) is 55.6 Å². The molecular weight excluding hydrogens is 248 g/mol. The minimum absolute atomic E-state index is 0.431. The first-order chi connectivity index (χ1) is 9.67. The lowest BCUT2D eigenvalue weighted by molar-refractivity contribution is 0.169. The molecule has 1 heterocycles. The van der Waals surface area contributed by atoms with Gasteiger partial charge in [-0.3, -0.25) is 4.98 Å². The van der Waals surface area contributed by atoms with Crippen molar-refractivity contribution in [1.29, 1.82) is 0 Å². The Hall–Kier alpha value is -1.09. The summed E-state index contributed by atoms with van der Waals surface area (Å²) in [6, 6.07) is 4.05. The van der Waals surface area contributed by atoms with Crippen LogP contribution in [0.5, 0.6) is 0 Å². The van der Waals surface area contributed by atoms with E-state index in [9.17, 15) is 5.11 Å². The Bertz CT molecular complexity index is 445. The molecule has 0 spiro atoms. The molecule has 4 unspecified atom stereocenters. The zero-order valence-corrected chi connectivity index (χ0v) is 12.6. The Balaban J connectivity index is 1.61. The number of rotatable bonds is 5. The molecule has 3 heteroatoms. The molecule has 0 saturated heterocycles. The Kier molecular flexibility index (Phi) is 3.97. The molecule has 3 rings (SSSR count). The fraction of sp³-hybridized carbons (Fsp3) is 0.706. The summed E-state index contributed by atoms with van der Waals surface area (Å²) in [6.45, 7) is 3.13. The summed E-state index contributed by atoms with van der Waals surface area (Å²) in [5.74, 6) is 2.86. The molecular formula is C17H26N2O. The third-order valence-electron chi connectivity index (χ3n) is 5.33. The molecule has 4 atom stereocenters. The van der Waals surface area contributed by atoms with Crippen molar-refractivity contribution in [2.24, 2.45) is 17.8 Å². The van der Waals surface area contributed by atoms with Gasteiger partial charge in [-0.15, -0.1) is 0 Å². The molecule has 1 aromatic rings. The third-order valence-corrected chi connectivity index (χ3v) is 5.33.